The Bertz CT molecular complexity index is 876. The molecular weight excluding hydrogens is 328 g/mol. The molecule has 0 fully saturated rings. The molecule has 2 amide bonds. The largest absolute Gasteiger partial charge is 0.322 e. The SMILES string of the molecule is CCCC[C@H](c1cccnc1)N(C)C(=O)Nc1cccn2nc(C)nc12. The van der Waals surface area contributed by atoms with Crippen molar-refractivity contribution >= 4 is 17.4 Å². The number of pyridine rings is 2. The van der Waals surface area contributed by atoms with Crippen LogP contribution in [0.25, 0.3) is 5.65 Å². The zero-order valence-electron chi connectivity index (χ0n) is 15.4. The number of hydrogen-bond donors (Lipinski definition) is 1. The number of fused-ring (bicyclic) bond motifs is 1. The van der Waals surface area contributed by atoms with Crippen LogP contribution in [-0.4, -0.2) is 37.6 Å². The van der Waals surface area contributed by atoms with Gasteiger partial charge in [-0.3, -0.25) is 4.98 Å². The first-order valence-corrected chi connectivity index (χ1v) is 8.86. The van der Waals surface area contributed by atoms with E-state index in [2.05, 4.69) is 27.3 Å². The van der Waals surface area contributed by atoms with Crippen molar-refractivity contribution < 1.29 is 4.79 Å². The zero-order chi connectivity index (χ0) is 18.5. The van der Waals surface area contributed by atoms with Crippen molar-refractivity contribution in [2.45, 2.75) is 39.2 Å². The van der Waals surface area contributed by atoms with Crippen LogP contribution in [0.5, 0.6) is 0 Å². The molecule has 26 heavy (non-hydrogen) atoms. The quantitative estimate of drug-likeness (QED) is 0.731. The molecule has 3 aromatic rings. The maximum absolute atomic E-state index is 12.9. The third kappa shape index (κ3) is 3.82. The number of anilines is 1. The van der Waals surface area contributed by atoms with Crippen molar-refractivity contribution in [1.29, 1.82) is 0 Å². The molecule has 3 aromatic heterocycles. The lowest BCUT2D eigenvalue weighted by Crippen LogP contribution is -2.35. The van der Waals surface area contributed by atoms with Gasteiger partial charge in [-0.2, -0.15) is 5.10 Å². The lowest BCUT2D eigenvalue weighted by Gasteiger charge is -2.28. The van der Waals surface area contributed by atoms with Crippen LogP contribution in [0.1, 0.15) is 43.6 Å². The second kappa shape index (κ2) is 7.95. The monoisotopic (exact) mass is 352 g/mol. The van der Waals surface area contributed by atoms with E-state index in [4.69, 9.17) is 0 Å². The third-order valence-corrected chi connectivity index (χ3v) is 4.40. The molecule has 0 aliphatic rings. The highest BCUT2D eigenvalue weighted by Crippen LogP contribution is 2.26. The fourth-order valence-electron chi connectivity index (χ4n) is 3.01. The molecule has 0 saturated carbocycles. The summed E-state index contributed by atoms with van der Waals surface area (Å²) < 4.78 is 1.67. The minimum absolute atomic E-state index is 0.0250. The molecule has 7 heteroatoms. The summed E-state index contributed by atoms with van der Waals surface area (Å²) in [7, 11) is 1.82. The minimum Gasteiger partial charge on any atom is -0.320 e. The van der Waals surface area contributed by atoms with Gasteiger partial charge in [-0.25, -0.2) is 14.3 Å². The minimum atomic E-state index is -0.177. The van der Waals surface area contributed by atoms with Gasteiger partial charge in [-0.1, -0.05) is 25.8 Å². The first-order chi connectivity index (χ1) is 12.6. The van der Waals surface area contributed by atoms with Gasteiger partial charge in [0.15, 0.2) is 5.65 Å². The Kier molecular flexibility index (Phi) is 5.46. The summed E-state index contributed by atoms with van der Waals surface area (Å²) in [6.07, 6.45) is 8.39. The summed E-state index contributed by atoms with van der Waals surface area (Å²) >= 11 is 0. The van der Waals surface area contributed by atoms with Crippen molar-refractivity contribution in [2.75, 3.05) is 12.4 Å². The molecule has 3 heterocycles. The summed E-state index contributed by atoms with van der Waals surface area (Å²) in [5.74, 6) is 0.663. The van der Waals surface area contributed by atoms with Crippen molar-refractivity contribution in [3.63, 3.8) is 0 Å². The molecular formula is C19H24N6O. The van der Waals surface area contributed by atoms with Crippen molar-refractivity contribution in [1.82, 2.24) is 24.5 Å². The van der Waals surface area contributed by atoms with E-state index in [1.54, 1.807) is 15.6 Å². The number of aryl methyl sites for hydroxylation is 1. The average molecular weight is 352 g/mol. The number of rotatable bonds is 6. The second-order valence-electron chi connectivity index (χ2n) is 6.33. The van der Waals surface area contributed by atoms with Gasteiger partial charge in [-0.05, 0) is 37.1 Å². The van der Waals surface area contributed by atoms with E-state index < -0.39 is 0 Å². The van der Waals surface area contributed by atoms with E-state index in [1.807, 2.05) is 50.6 Å². The summed E-state index contributed by atoms with van der Waals surface area (Å²) in [6.45, 7) is 3.97. The molecule has 0 aliphatic heterocycles. The Labute approximate surface area is 153 Å². The number of unbranched alkanes of at least 4 members (excludes halogenated alkanes) is 1. The van der Waals surface area contributed by atoms with Crippen molar-refractivity contribution in [3.8, 4) is 0 Å². The first-order valence-electron chi connectivity index (χ1n) is 8.86. The lowest BCUT2D eigenvalue weighted by molar-refractivity contribution is 0.200. The van der Waals surface area contributed by atoms with Gasteiger partial charge in [-0.15, -0.1) is 0 Å². The molecule has 7 nitrogen and oxygen atoms in total. The van der Waals surface area contributed by atoms with Crippen LogP contribution < -0.4 is 5.32 Å². The van der Waals surface area contributed by atoms with Crippen molar-refractivity contribution in [3.05, 3.63) is 54.2 Å². The Balaban J connectivity index is 1.82. The van der Waals surface area contributed by atoms with Crippen LogP contribution >= 0.6 is 0 Å². The molecule has 0 unspecified atom stereocenters. The van der Waals surface area contributed by atoms with Crippen molar-refractivity contribution in [2.24, 2.45) is 0 Å². The number of nitrogens with zero attached hydrogens (tertiary/aromatic N) is 5. The molecule has 1 atom stereocenters. The lowest BCUT2D eigenvalue weighted by atomic mass is 10.0. The zero-order valence-corrected chi connectivity index (χ0v) is 15.4. The molecule has 3 rings (SSSR count). The fourth-order valence-corrected chi connectivity index (χ4v) is 3.01. The summed E-state index contributed by atoms with van der Waals surface area (Å²) in [4.78, 5) is 23.2. The van der Waals surface area contributed by atoms with E-state index in [-0.39, 0.29) is 12.1 Å². The first kappa shape index (κ1) is 17.8. The molecule has 1 N–H and O–H groups in total. The van der Waals surface area contributed by atoms with Crippen LogP contribution in [0.4, 0.5) is 10.5 Å². The molecule has 0 saturated heterocycles. The van der Waals surface area contributed by atoms with Crippen LogP contribution in [0.2, 0.25) is 0 Å². The highest BCUT2D eigenvalue weighted by atomic mass is 16.2. The normalized spacial score (nSPS) is 12.1. The molecule has 0 radical (unpaired) electrons. The summed E-state index contributed by atoms with van der Waals surface area (Å²) in [6, 6.07) is 7.39. The Morgan fingerprint density at radius 3 is 2.92 bits per heavy atom. The number of aromatic nitrogens is 4. The van der Waals surface area contributed by atoms with Gasteiger partial charge < -0.3 is 10.2 Å². The topological polar surface area (TPSA) is 75.4 Å². The van der Waals surface area contributed by atoms with Gasteiger partial charge in [0.25, 0.3) is 0 Å². The van der Waals surface area contributed by atoms with Gasteiger partial charge >= 0.3 is 6.03 Å². The Morgan fingerprint density at radius 1 is 1.35 bits per heavy atom. The number of carbonyl (C=O) groups is 1. The van der Waals surface area contributed by atoms with Gasteiger partial charge in [0, 0.05) is 25.6 Å². The second-order valence-corrected chi connectivity index (χ2v) is 6.33. The number of amides is 2. The average Bonchev–Trinajstić information content (AvgIpc) is 3.04. The summed E-state index contributed by atoms with van der Waals surface area (Å²) in [5.41, 5.74) is 2.32. The smallest absolute Gasteiger partial charge is 0.320 e. The predicted molar refractivity (Wildman–Crippen MR) is 101 cm³/mol. The maximum atomic E-state index is 12.9. The third-order valence-electron chi connectivity index (χ3n) is 4.40. The van der Waals surface area contributed by atoms with Crippen LogP contribution in [-0.2, 0) is 0 Å². The van der Waals surface area contributed by atoms with Crippen LogP contribution in [0, 0.1) is 6.92 Å². The fraction of sp³-hybridized carbons (Fsp3) is 0.368. The predicted octanol–water partition coefficient (Wildman–Crippen LogP) is 3.83. The Morgan fingerprint density at radius 2 is 2.19 bits per heavy atom. The Hall–Kier alpha value is -2.96. The van der Waals surface area contributed by atoms with Gasteiger partial charge in [0.1, 0.15) is 5.82 Å². The standard InChI is InChI=1S/C19H24N6O/c1-4-5-10-17(15-8-6-11-20-13-15)24(3)19(26)22-16-9-7-12-25-18(16)21-14(2)23-25/h6-9,11-13,17H,4-5,10H2,1-3H3,(H,22,26)/t17-/m1/s1. The molecule has 0 spiro atoms. The number of nitrogens with one attached hydrogen (secondary N) is 1. The highest BCUT2D eigenvalue weighted by molar-refractivity contribution is 5.93. The molecule has 0 aromatic carbocycles. The summed E-state index contributed by atoms with van der Waals surface area (Å²) in [5, 5.41) is 7.25. The maximum Gasteiger partial charge on any atom is 0.322 e. The highest BCUT2D eigenvalue weighted by Gasteiger charge is 2.22. The molecule has 0 aliphatic carbocycles. The van der Waals surface area contributed by atoms with Gasteiger partial charge in [0.2, 0.25) is 0 Å². The van der Waals surface area contributed by atoms with E-state index in [0.29, 0.717) is 17.2 Å². The van der Waals surface area contributed by atoms with E-state index in [1.165, 1.54) is 0 Å². The van der Waals surface area contributed by atoms with Gasteiger partial charge in [0.05, 0.1) is 11.7 Å². The molecule has 136 valence electrons. The number of hydrogen-bond acceptors (Lipinski definition) is 4. The number of urea groups is 1. The van der Waals surface area contributed by atoms with Crippen LogP contribution in [0.15, 0.2) is 42.9 Å². The molecule has 0 bridgehead atoms. The van der Waals surface area contributed by atoms with E-state index in [0.717, 1.165) is 24.8 Å². The van der Waals surface area contributed by atoms with E-state index >= 15 is 0 Å². The van der Waals surface area contributed by atoms with Crippen LogP contribution in [0.3, 0.4) is 0 Å². The van der Waals surface area contributed by atoms with E-state index in [9.17, 15) is 4.79 Å². The number of carbonyl (C=O) groups excluding carboxylic acids is 1.